The van der Waals surface area contributed by atoms with Crippen LogP contribution in [0.5, 0.6) is 0 Å². The molecule has 0 aliphatic heterocycles. The summed E-state index contributed by atoms with van der Waals surface area (Å²) in [7, 11) is -1.45. The third-order valence-corrected chi connectivity index (χ3v) is 2.05. The molecule has 0 heterocycles. The Morgan fingerprint density at radius 1 is 1.33 bits per heavy atom. The summed E-state index contributed by atoms with van der Waals surface area (Å²) in [5, 5.41) is 18.3. The van der Waals surface area contributed by atoms with Gasteiger partial charge in [0.1, 0.15) is 20.3 Å². The smallest absolute Gasteiger partial charge is 0.143 e. The summed E-state index contributed by atoms with van der Waals surface area (Å²) in [6.45, 7) is 9.59. The van der Waals surface area contributed by atoms with Gasteiger partial charge in [0.2, 0.25) is 0 Å². The van der Waals surface area contributed by atoms with Gasteiger partial charge < -0.3 is 10.2 Å². The van der Waals surface area contributed by atoms with Gasteiger partial charge in [0, 0.05) is 0 Å². The van der Waals surface area contributed by atoms with Crippen LogP contribution >= 0.6 is 0 Å². The molecular formula is C9H16O2Si. The average Bonchev–Trinajstić information content (AvgIpc) is 1.97. The van der Waals surface area contributed by atoms with Crippen molar-refractivity contribution >= 4 is 8.07 Å². The minimum atomic E-state index is -1.45. The molecule has 0 aliphatic rings. The molecule has 0 saturated carbocycles. The maximum absolute atomic E-state index is 9.21. The predicted octanol–water partition coefficient (Wildman–Crippen LogP) is 0.775. The lowest BCUT2D eigenvalue weighted by atomic mass is 10.2. The fraction of sp³-hybridized carbons (Fsp3) is 0.556. The van der Waals surface area contributed by atoms with E-state index in [-0.39, 0.29) is 0 Å². The van der Waals surface area contributed by atoms with Gasteiger partial charge in [0.15, 0.2) is 0 Å². The monoisotopic (exact) mass is 184 g/mol. The molecule has 0 aromatic heterocycles. The van der Waals surface area contributed by atoms with Gasteiger partial charge in [-0.3, -0.25) is 0 Å². The van der Waals surface area contributed by atoms with Gasteiger partial charge in [-0.05, 0) is 0 Å². The van der Waals surface area contributed by atoms with E-state index >= 15 is 0 Å². The summed E-state index contributed by atoms with van der Waals surface area (Å²) >= 11 is 0. The van der Waals surface area contributed by atoms with Gasteiger partial charge in [-0.25, -0.2) is 0 Å². The number of hydrogen-bond acceptors (Lipinski definition) is 2. The van der Waals surface area contributed by atoms with Crippen LogP contribution in [0.15, 0.2) is 12.7 Å². The second kappa shape index (κ2) is 4.46. The van der Waals surface area contributed by atoms with Crippen LogP contribution in [0.25, 0.3) is 0 Å². The molecular weight excluding hydrogens is 168 g/mol. The molecule has 0 saturated heterocycles. The van der Waals surface area contributed by atoms with Crippen LogP contribution < -0.4 is 0 Å². The lowest BCUT2D eigenvalue weighted by Crippen LogP contribution is -2.24. The Morgan fingerprint density at radius 3 is 2.17 bits per heavy atom. The first kappa shape index (κ1) is 11.4. The molecule has 0 aromatic carbocycles. The topological polar surface area (TPSA) is 40.5 Å². The highest BCUT2D eigenvalue weighted by Gasteiger charge is 2.11. The van der Waals surface area contributed by atoms with Crippen LogP contribution in [0.2, 0.25) is 19.6 Å². The third-order valence-electron chi connectivity index (χ3n) is 1.16. The van der Waals surface area contributed by atoms with Crippen molar-refractivity contribution < 1.29 is 10.2 Å². The van der Waals surface area contributed by atoms with Crippen LogP contribution in [0, 0.1) is 11.5 Å². The van der Waals surface area contributed by atoms with Gasteiger partial charge in [0.05, 0.1) is 0 Å². The Labute approximate surface area is 74.9 Å². The van der Waals surface area contributed by atoms with Crippen LogP contribution in [0.4, 0.5) is 0 Å². The largest absolute Gasteiger partial charge is 0.385 e. The second-order valence-electron chi connectivity index (χ2n) is 3.69. The van der Waals surface area contributed by atoms with Crippen LogP contribution in [0.1, 0.15) is 0 Å². The van der Waals surface area contributed by atoms with E-state index < -0.39 is 20.3 Å². The molecule has 12 heavy (non-hydrogen) atoms. The van der Waals surface area contributed by atoms with Crippen LogP contribution in [-0.2, 0) is 0 Å². The van der Waals surface area contributed by atoms with E-state index in [0.717, 1.165) is 0 Å². The maximum Gasteiger partial charge on any atom is 0.143 e. The fourth-order valence-electron chi connectivity index (χ4n) is 0.505. The standard InChI is InChI=1S/C9H16O2Si/c1-5-8(10)9(11)6-7-12(2,3)4/h5,8-11H,1H2,2-4H3/t8-,9-/m0/s1. The highest BCUT2D eigenvalue weighted by Crippen LogP contribution is 1.98. The highest BCUT2D eigenvalue weighted by molar-refractivity contribution is 6.83. The van der Waals surface area contributed by atoms with Crippen molar-refractivity contribution in [1.82, 2.24) is 0 Å². The minimum absolute atomic E-state index is 0.936. The number of hydrogen-bond donors (Lipinski definition) is 2. The van der Waals surface area contributed by atoms with E-state index in [4.69, 9.17) is 5.11 Å². The molecule has 0 aromatic rings. The molecule has 0 amide bonds. The Kier molecular flexibility index (Phi) is 4.25. The summed E-state index contributed by atoms with van der Waals surface area (Å²) in [6.07, 6.45) is -0.646. The summed E-state index contributed by atoms with van der Waals surface area (Å²) in [6, 6.07) is 0. The Hall–Kier alpha value is -0.563. The zero-order valence-corrected chi connectivity index (χ0v) is 8.83. The molecule has 0 bridgehead atoms. The molecule has 0 rings (SSSR count). The van der Waals surface area contributed by atoms with Crippen molar-refractivity contribution in [3.8, 4) is 11.5 Å². The number of aliphatic hydroxyl groups is 2. The first-order valence-corrected chi connectivity index (χ1v) is 7.38. The van der Waals surface area contributed by atoms with Crippen molar-refractivity contribution in [2.75, 3.05) is 0 Å². The molecule has 0 aliphatic carbocycles. The van der Waals surface area contributed by atoms with E-state index in [2.05, 4.69) is 37.7 Å². The Bertz CT molecular complexity index is 207. The van der Waals surface area contributed by atoms with E-state index in [9.17, 15) is 5.11 Å². The second-order valence-corrected chi connectivity index (χ2v) is 8.44. The average molecular weight is 184 g/mol. The number of aliphatic hydroxyl groups excluding tert-OH is 2. The molecule has 0 fully saturated rings. The van der Waals surface area contributed by atoms with Crippen molar-refractivity contribution in [2.24, 2.45) is 0 Å². The van der Waals surface area contributed by atoms with Crippen molar-refractivity contribution in [3.63, 3.8) is 0 Å². The molecule has 3 heteroatoms. The van der Waals surface area contributed by atoms with E-state index in [0.29, 0.717) is 0 Å². The van der Waals surface area contributed by atoms with Gasteiger partial charge in [-0.2, -0.15) is 0 Å². The first-order chi connectivity index (χ1) is 5.37. The molecule has 68 valence electrons. The van der Waals surface area contributed by atoms with Crippen molar-refractivity contribution in [2.45, 2.75) is 31.8 Å². The summed E-state index contributed by atoms with van der Waals surface area (Å²) in [5.41, 5.74) is 2.97. The van der Waals surface area contributed by atoms with Gasteiger partial charge in [-0.1, -0.05) is 31.6 Å². The predicted molar refractivity (Wildman–Crippen MR) is 53.3 cm³/mol. The third kappa shape index (κ3) is 5.14. The molecule has 2 N–H and O–H groups in total. The Balaban J connectivity index is 4.22. The Morgan fingerprint density at radius 2 is 1.83 bits per heavy atom. The minimum Gasteiger partial charge on any atom is -0.385 e. The van der Waals surface area contributed by atoms with E-state index in [1.54, 1.807) is 0 Å². The number of rotatable bonds is 2. The summed E-state index contributed by atoms with van der Waals surface area (Å²) in [5.74, 6) is 2.62. The normalized spacial score (nSPS) is 15.8. The van der Waals surface area contributed by atoms with Crippen molar-refractivity contribution in [1.29, 1.82) is 0 Å². The van der Waals surface area contributed by atoms with Gasteiger partial charge >= 0.3 is 0 Å². The molecule has 0 spiro atoms. The zero-order valence-electron chi connectivity index (χ0n) is 7.83. The highest BCUT2D eigenvalue weighted by atomic mass is 28.3. The lowest BCUT2D eigenvalue weighted by molar-refractivity contribution is 0.0873. The van der Waals surface area contributed by atoms with E-state index in [1.165, 1.54) is 6.08 Å². The first-order valence-electron chi connectivity index (χ1n) is 3.88. The summed E-state index contributed by atoms with van der Waals surface area (Å²) < 4.78 is 0. The molecule has 0 unspecified atom stereocenters. The van der Waals surface area contributed by atoms with Crippen molar-refractivity contribution in [3.05, 3.63) is 12.7 Å². The van der Waals surface area contributed by atoms with Gasteiger partial charge in [-0.15, -0.1) is 12.1 Å². The molecule has 2 nitrogen and oxygen atoms in total. The lowest BCUT2D eigenvalue weighted by Gasteiger charge is -2.09. The summed E-state index contributed by atoms with van der Waals surface area (Å²) in [4.78, 5) is 0. The van der Waals surface area contributed by atoms with Gasteiger partial charge in [0.25, 0.3) is 0 Å². The van der Waals surface area contributed by atoms with Crippen LogP contribution in [-0.4, -0.2) is 30.5 Å². The van der Waals surface area contributed by atoms with E-state index in [1.807, 2.05) is 0 Å². The fourth-order valence-corrected chi connectivity index (χ4v) is 1.09. The van der Waals surface area contributed by atoms with Crippen LogP contribution in [0.3, 0.4) is 0 Å². The quantitative estimate of drug-likeness (QED) is 0.378. The molecule has 2 atom stereocenters. The molecule has 0 radical (unpaired) electrons. The zero-order chi connectivity index (χ0) is 9.78. The SMILES string of the molecule is C=C[C@H](O)[C@@H](O)C#C[Si](C)(C)C. The maximum atomic E-state index is 9.21.